The lowest BCUT2D eigenvalue weighted by atomic mass is 9.30. The van der Waals surface area contributed by atoms with Crippen molar-refractivity contribution in [3.63, 3.8) is 0 Å². The smallest absolute Gasteiger partial charge is 0.309 e. The third kappa shape index (κ3) is 3.18. The van der Waals surface area contributed by atoms with Gasteiger partial charge >= 0.3 is 5.97 Å². The molecule has 0 radical (unpaired) electrons. The quantitative estimate of drug-likeness (QED) is 0.472. The van der Waals surface area contributed by atoms with Gasteiger partial charge < -0.3 is 19.3 Å². The van der Waals surface area contributed by atoms with Crippen LogP contribution in [0.5, 0.6) is 0 Å². The zero-order valence-electron chi connectivity index (χ0n) is 20.4. The van der Waals surface area contributed by atoms with E-state index < -0.39 is 11.4 Å². The van der Waals surface area contributed by atoms with E-state index in [1.54, 1.807) is 0 Å². The molecule has 36 heavy (non-hydrogen) atoms. The molecule has 5 aliphatic rings. The number of fused-ring (bicyclic) bond motifs is 1. The van der Waals surface area contributed by atoms with Crippen molar-refractivity contribution < 1.29 is 19.4 Å². The van der Waals surface area contributed by atoms with Crippen molar-refractivity contribution in [1.82, 2.24) is 9.55 Å². The highest BCUT2D eigenvalue weighted by Crippen LogP contribution is 2.85. The predicted octanol–water partition coefficient (Wildman–Crippen LogP) is 4.53. The van der Waals surface area contributed by atoms with Crippen LogP contribution < -0.4 is 4.90 Å². The Kier molecular flexibility index (Phi) is 4.69. The molecule has 1 saturated heterocycles. The zero-order chi connectivity index (χ0) is 24.5. The molecule has 7 nitrogen and oxygen atoms in total. The molecule has 0 amide bonds. The summed E-state index contributed by atoms with van der Waals surface area (Å²) in [5.74, 6) is -0.469. The van der Waals surface area contributed by atoms with Gasteiger partial charge in [0.25, 0.3) is 0 Å². The molecule has 4 aliphatic carbocycles. The molecule has 7 heteroatoms. The summed E-state index contributed by atoms with van der Waals surface area (Å²) in [6.07, 6.45) is 8.88. The van der Waals surface area contributed by atoms with Crippen LogP contribution in [0, 0.1) is 16.2 Å². The summed E-state index contributed by atoms with van der Waals surface area (Å²) in [5.41, 5.74) is 3.42. The van der Waals surface area contributed by atoms with E-state index in [4.69, 9.17) is 9.72 Å². The standard InChI is InChI=1S/C29H31N3O4/c33-24(14-28(7-8-28)29-17-27(18-29,19-29)26(34)35)23-3-1-2-20-6-9-32(25(20)23)16-21-4-5-22(15-30-21)31-10-12-36-13-11-31/h1-6,9,15H,7-8,10-14,16-19H2,(H,34,35). The van der Waals surface area contributed by atoms with E-state index in [9.17, 15) is 14.7 Å². The Labute approximate surface area is 210 Å². The second kappa shape index (κ2) is 7.65. The Balaban J connectivity index is 1.11. The van der Waals surface area contributed by atoms with Crippen LogP contribution in [0.4, 0.5) is 5.69 Å². The Bertz CT molecular complexity index is 1350. The predicted molar refractivity (Wildman–Crippen MR) is 135 cm³/mol. The van der Waals surface area contributed by atoms with E-state index in [1.807, 2.05) is 24.5 Å². The average molecular weight is 486 g/mol. The highest BCUT2D eigenvalue weighted by atomic mass is 16.5. The maximum Gasteiger partial charge on any atom is 0.309 e. The lowest BCUT2D eigenvalue weighted by Gasteiger charge is -2.72. The van der Waals surface area contributed by atoms with Crippen molar-refractivity contribution in [2.45, 2.75) is 45.1 Å². The van der Waals surface area contributed by atoms with Gasteiger partial charge in [0.1, 0.15) is 0 Å². The second-order valence-electron chi connectivity index (χ2n) is 11.6. The van der Waals surface area contributed by atoms with Crippen LogP contribution >= 0.6 is 0 Å². The molecule has 1 aromatic carbocycles. The highest BCUT2D eigenvalue weighted by Gasteiger charge is 2.80. The number of carboxylic acids is 1. The van der Waals surface area contributed by atoms with Gasteiger partial charge in [-0.05, 0) is 67.2 Å². The third-order valence-corrected chi connectivity index (χ3v) is 9.57. The summed E-state index contributed by atoms with van der Waals surface area (Å²) in [7, 11) is 0. The first-order chi connectivity index (χ1) is 17.4. The molecule has 2 aromatic heterocycles. The topological polar surface area (TPSA) is 84.7 Å². The minimum absolute atomic E-state index is 0.0117. The van der Waals surface area contributed by atoms with E-state index in [2.05, 4.69) is 33.7 Å². The molecule has 4 saturated carbocycles. The van der Waals surface area contributed by atoms with E-state index >= 15 is 0 Å². The van der Waals surface area contributed by atoms with Gasteiger partial charge in [-0.3, -0.25) is 14.6 Å². The maximum absolute atomic E-state index is 13.7. The molecule has 186 valence electrons. The Morgan fingerprint density at radius 3 is 2.47 bits per heavy atom. The summed E-state index contributed by atoms with van der Waals surface area (Å²) in [6, 6.07) is 12.2. The fourth-order valence-corrected chi connectivity index (χ4v) is 7.34. The number of morpholine rings is 1. The lowest BCUT2D eigenvalue weighted by Crippen LogP contribution is -2.69. The summed E-state index contributed by atoms with van der Waals surface area (Å²) in [6.45, 7) is 3.87. The van der Waals surface area contributed by atoms with Crippen LogP contribution in [0.15, 0.2) is 48.8 Å². The average Bonchev–Trinajstić information content (AvgIpc) is 3.48. The lowest BCUT2D eigenvalue weighted by molar-refractivity contribution is -0.248. The largest absolute Gasteiger partial charge is 0.481 e. The first-order valence-corrected chi connectivity index (χ1v) is 13.0. The fraction of sp³-hybridized carbons (Fsp3) is 0.483. The molecule has 5 fully saturated rings. The molecule has 2 bridgehead atoms. The first kappa shape index (κ1) is 22.0. The number of ether oxygens (including phenoxy) is 1. The summed E-state index contributed by atoms with van der Waals surface area (Å²) >= 11 is 0. The van der Waals surface area contributed by atoms with Crippen LogP contribution in [0.2, 0.25) is 0 Å². The molecule has 1 aliphatic heterocycles. The van der Waals surface area contributed by atoms with E-state index in [1.165, 1.54) is 0 Å². The molecule has 0 atom stereocenters. The molecule has 3 aromatic rings. The Hall–Kier alpha value is -3.19. The van der Waals surface area contributed by atoms with Crippen molar-refractivity contribution in [3.05, 3.63) is 60.0 Å². The number of pyridine rings is 1. The van der Waals surface area contributed by atoms with Gasteiger partial charge in [0.2, 0.25) is 0 Å². The molecule has 1 N–H and O–H groups in total. The number of benzene rings is 1. The molecule has 3 heterocycles. The summed E-state index contributed by atoms with van der Waals surface area (Å²) in [5, 5.41) is 10.6. The van der Waals surface area contributed by atoms with Crippen LogP contribution in [0.25, 0.3) is 10.9 Å². The van der Waals surface area contributed by atoms with Gasteiger partial charge in [-0.15, -0.1) is 0 Å². The Morgan fingerprint density at radius 1 is 1.03 bits per heavy atom. The number of nitrogens with zero attached hydrogens (tertiary/aromatic N) is 3. The number of para-hydroxylation sites is 1. The number of hydrogen-bond acceptors (Lipinski definition) is 5. The minimum Gasteiger partial charge on any atom is -0.481 e. The fourth-order valence-electron chi connectivity index (χ4n) is 7.34. The number of aliphatic carboxylic acids is 1. The Morgan fingerprint density at radius 2 is 1.81 bits per heavy atom. The minimum atomic E-state index is -0.652. The molecular weight excluding hydrogens is 454 g/mol. The van der Waals surface area contributed by atoms with Crippen molar-refractivity contribution in [3.8, 4) is 0 Å². The van der Waals surface area contributed by atoms with Crippen molar-refractivity contribution in [2.75, 3.05) is 31.2 Å². The highest BCUT2D eigenvalue weighted by molar-refractivity contribution is 6.07. The van der Waals surface area contributed by atoms with Gasteiger partial charge in [-0.1, -0.05) is 12.1 Å². The number of ketones is 1. The number of aromatic nitrogens is 2. The number of Topliss-reactive ketones (excluding diaryl/α,β-unsaturated/α-hetero) is 1. The zero-order valence-corrected chi connectivity index (χ0v) is 20.4. The summed E-state index contributed by atoms with van der Waals surface area (Å²) in [4.78, 5) is 32.3. The number of carbonyl (C=O) groups is 2. The maximum atomic E-state index is 13.7. The number of carbonyl (C=O) groups excluding carboxylic acids is 1. The van der Waals surface area contributed by atoms with Crippen LogP contribution in [-0.2, 0) is 16.1 Å². The van der Waals surface area contributed by atoms with Gasteiger partial charge in [-0.25, -0.2) is 0 Å². The van der Waals surface area contributed by atoms with Gasteiger partial charge in [0.15, 0.2) is 5.78 Å². The molecule has 0 unspecified atom stereocenters. The normalized spacial score (nSPS) is 27.8. The number of hydrogen-bond donors (Lipinski definition) is 1. The third-order valence-electron chi connectivity index (χ3n) is 9.57. The van der Waals surface area contributed by atoms with Crippen LogP contribution in [-0.4, -0.2) is 52.7 Å². The molecule has 0 spiro atoms. The molecule has 8 rings (SSSR count). The monoisotopic (exact) mass is 485 g/mol. The second-order valence-corrected chi connectivity index (χ2v) is 11.6. The van der Waals surface area contributed by atoms with Gasteiger partial charge in [-0.2, -0.15) is 0 Å². The van der Waals surface area contributed by atoms with E-state index in [0.717, 1.165) is 86.3 Å². The van der Waals surface area contributed by atoms with E-state index in [-0.39, 0.29) is 16.6 Å². The van der Waals surface area contributed by atoms with Gasteiger partial charge in [0, 0.05) is 36.7 Å². The van der Waals surface area contributed by atoms with Crippen molar-refractivity contribution >= 4 is 28.3 Å². The summed E-state index contributed by atoms with van der Waals surface area (Å²) < 4.78 is 7.59. The number of rotatable bonds is 8. The van der Waals surface area contributed by atoms with E-state index in [0.29, 0.717) is 13.0 Å². The van der Waals surface area contributed by atoms with Crippen molar-refractivity contribution in [1.29, 1.82) is 0 Å². The molecular formula is C29H31N3O4. The number of anilines is 1. The SMILES string of the molecule is O=C(CC1(C23CC(C(=O)O)(C2)C3)CC1)c1cccc2ccn(Cc3ccc(N4CCOCC4)cn3)c12. The van der Waals surface area contributed by atoms with Crippen LogP contribution in [0.1, 0.15) is 54.6 Å². The first-order valence-electron chi connectivity index (χ1n) is 13.0. The van der Waals surface area contributed by atoms with Gasteiger partial charge in [0.05, 0.1) is 48.3 Å². The van der Waals surface area contributed by atoms with Crippen molar-refractivity contribution in [2.24, 2.45) is 16.2 Å². The van der Waals surface area contributed by atoms with Crippen LogP contribution in [0.3, 0.4) is 0 Å². The number of carboxylic acid groups (broad SMARTS) is 1.